The van der Waals surface area contributed by atoms with Crippen LogP contribution >= 0.6 is 22.9 Å². The number of aryl methyl sites for hydroxylation is 1. The molecule has 0 radical (unpaired) electrons. The standard InChI is InChI=1S/C14H18ClNO4S/c15-12-7-4-9(21-12)3-1-2-8-16-13(17)10-5-6-11(20-10)14(18)19/h4,7,10-11H,1-3,5-6,8H2,(H,16,17)(H,18,19)/t10-,11+/m0/s1. The van der Waals surface area contributed by atoms with E-state index in [0.717, 1.165) is 23.6 Å². The summed E-state index contributed by atoms with van der Waals surface area (Å²) in [5.74, 6) is -1.21. The minimum atomic E-state index is -1.00. The summed E-state index contributed by atoms with van der Waals surface area (Å²) in [5.41, 5.74) is 0. The first-order chi connectivity index (χ1) is 10.1. The third-order valence-electron chi connectivity index (χ3n) is 3.37. The van der Waals surface area contributed by atoms with Crippen LogP contribution < -0.4 is 5.32 Å². The van der Waals surface area contributed by atoms with Gasteiger partial charge in [-0.25, -0.2) is 4.79 Å². The molecule has 0 bridgehead atoms. The van der Waals surface area contributed by atoms with Gasteiger partial charge in [-0.3, -0.25) is 4.79 Å². The molecule has 5 nitrogen and oxygen atoms in total. The molecule has 2 atom stereocenters. The fraction of sp³-hybridized carbons (Fsp3) is 0.571. The second-order valence-corrected chi connectivity index (χ2v) is 6.78. The van der Waals surface area contributed by atoms with E-state index < -0.39 is 18.2 Å². The maximum Gasteiger partial charge on any atom is 0.332 e. The molecule has 1 aromatic heterocycles. The van der Waals surface area contributed by atoms with E-state index in [1.807, 2.05) is 12.1 Å². The molecule has 1 aliphatic rings. The molecule has 0 spiro atoms. The second-order valence-electron chi connectivity index (χ2n) is 4.98. The van der Waals surface area contributed by atoms with Crippen LogP contribution in [0.3, 0.4) is 0 Å². The average molecular weight is 332 g/mol. The van der Waals surface area contributed by atoms with Crippen molar-refractivity contribution in [2.24, 2.45) is 0 Å². The summed E-state index contributed by atoms with van der Waals surface area (Å²) in [6, 6.07) is 3.91. The van der Waals surface area contributed by atoms with Crippen molar-refractivity contribution in [3.05, 3.63) is 21.3 Å². The Morgan fingerprint density at radius 3 is 2.71 bits per heavy atom. The van der Waals surface area contributed by atoms with E-state index in [4.69, 9.17) is 21.4 Å². The number of thiophene rings is 1. The highest BCUT2D eigenvalue weighted by atomic mass is 35.5. The minimum Gasteiger partial charge on any atom is -0.479 e. The molecule has 2 N–H and O–H groups in total. The van der Waals surface area contributed by atoms with Crippen LogP contribution in [0, 0.1) is 0 Å². The van der Waals surface area contributed by atoms with Crippen molar-refractivity contribution in [3.63, 3.8) is 0 Å². The van der Waals surface area contributed by atoms with Crippen LogP contribution in [0.5, 0.6) is 0 Å². The molecule has 116 valence electrons. The van der Waals surface area contributed by atoms with Gasteiger partial charge in [-0.05, 0) is 44.2 Å². The SMILES string of the molecule is O=C(NCCCCc1ccc(Cl)s1)[C@@H]1CC[C@H](C(=O)O)O1. The smallest absolute Gasteiger partial charge is 0.332 e. The number of amides is 1. The molecule has 1 amide bonds. The van der Waals surface area contributed by atoms with Crippen LogP contribution in [0.4, 0.5) is 0 Å². The molecule has 0 aliphatic carbocycles. The number of halogens is 1. The maximum atomic E-state index is 11.8. The lowest BCUT2D eigenvalue weighted by Gasteiger charge is -2.11. The zero-order valence-electron chi connectivity index (χ0n) is 11.5. The Hall–Kier alpha value is -1.11. The number of nitrogens with one attached hydrogen (secondary N) is 1. The molecule has 0 aromatic carbocycles. The Morgan fingerprint density at radius 1 is 1.33 bits per heavy atom. The number of rotatable bonds is 7. The highest BCUT2D eigenvalue weighted by Gasteiger charge is 2.34. The number of hydrogen-bond acceptors (Lipinski definition) is 4. The minimum absolute atomic E-state index is 0.210. The number of carbonyl (C=O) groups is 2. The predicted octanol–water partition coefficient (Wildman–Crippen LogP) is 2.47. The van der Waals surface area contributed by atoms with Gasteiger partial charge < -0.3 is 15.2 Å². The first-order valence-electron chi connectivity index (χ1n) is 6.96. The number of unbranched alkanes of at least 4 members (excludes halogenated alkanes) is 1. The molecule has 0 unspecified atom stereocenters. The summed E-state index contributed by atoms with van der Waals surface area (Å²) in [4.78, 5) is 23.8. The van der Waals surface area contributed by atoms with Crippen molar-refractivity contribution in [2.75, 3.05) is 6.54 Å². The maximum absolute atomic E-state index is 11.8. The quantitative estimate of drug-likeness (QED) is 0.753. The number of carboxylic acid groups (broad SMARTS) is 1. The summed E-state index contributed by atoms with van der Waals surface area (Å²) in [6.07, 6.45) is 2.19. The van der Waals surface area contributed by atoms with Gasteiger partial charge in [-0.1, -0.05) is 11.6 Å². The van der Waals surface area contributed by atoms with Crippen LogP contribution in [0.2, 0.25) is 4.34 Å². The molecule has 21 heavy (non-hydrogen) atoms. The van der Waals surface area contributed by atoms with Gasteiger partial charge in [0.2, 0.25) is 5.91 Å². The first-order valence-corrected chi connectivity index (χ1v) is 8.16. The zero-order valence-corrected chi connectivity index (χ0v) is 13.1. The largest absolute Gasteiger partial charge is 0.479 e. The molecule has 2 rings (SSSR count). The number of aliphatic carboxylic acids is 1. The molecule has 7 heteroatoms. The van der Waals surface area contributed by atoms with E-state index >= 15 is 0 Å². The molecule has 0 saturated carbocycles. The Balaban J connectivity index is 1.58. The zero-order chi connectivity index (χ0) is 15.2. The lowest BCUT2D eigenvalue weighted by atomic mass is 10.2. The van der Waals surface area contributed by atoms with Gasteiger partial charge >= 0.3 is 5.97 Å². The van der Waals surface area contributed by atoms with Gasteiger partial charge in [0.1, 0.15) is 6.10 Å². The monoisotopic (exact) mass is 331 g/mol. The van der Waals surface area contributed by atoms with Crippen molar-refractivity contribution < 1.29 is 19.4 Å². The van der Waals surface area contributed by atoms with Crippen molar-refractivity contribution in [2.45, 2.75) is 44.3 Å². The van der Waals surface area contributed by atoms with Crippen LogP contribution in [0.1, 0.15) is 30.6 Å². The lowest BCUT2D eigenvalue weighted by Crippen LogP contribution is -2.36. The van der Waals surface area contributed by atoms with E-state index in [1.54, 1.807) is 11.3 Å². The fourth-order valence-electron chi connectivity index (χ4n) is 2.25. The molecule has 1 aromatic rings. The fourth-order valence-corrected chi connectivity index (χ4v) is 3.38. The van der Waals surface area contributed by atoms with Gasteiger partial charge in [0.25, 0.3) is 0 Å². The number of hydrogen-bond donors (Lipinski definition) is 2. The van der Waals surface area contributed by atoms with E-state index in [2.05, 4.69) is 5.32 Å². The Kier molecular flexibility index (Phi) is 6.02. The Morgan fingerprint density at radius 2 is 2.10 bits per heavy atom. The van der Waals surface area contributed by atoms with Crippen LogP contribution in [-0.2, 0) is 20.7 Å². The number of ether oxygens (including phenoxy) is 1. The number of carboxylic acids is 1. The summed E-state index contributed by atoms with van der Waals surface area (Å²) in [7, 11) is 0. The van der Waals surface area contributed by atoms with Crippen LogP contribution in [-0.4, -0.2) is 35.7 Å². The van der Waals surface area contributed by atoms with Gasteiger partial charge in [0.15, 0.2) is 6.10 Å². The summed E-state index contributed by atoms with van der Waals surface area (Å²) >= 11 is 7.43. The number of carbonyl (C=O) groups excluding carboxylic acids is 1. The highest BCUT2D eigenvalue weighted by Crippen LogP contribution is 2.23. The molecule has 1 fully saturated rings. The van der Waals surface area contributed by atoms with Crippen LogP contribution in [0.15, 0.2) is 12.1 Å². The normalized spacial score (nSPS) is 21.4. The third kappa shape index (κ3) is 4.98. The van der Waals surface area contributed by atoms with Crippen molar-refractivity contribution in [1.82, 2.24) is 5.32 Å². The summed E-state index contributed by atoms with van der Waals surface area (Å²) in [6.45, 7) is 0.579. The van der Waals surface area contributed by atoms with E-state index in [9.17, 15) is 9.59 Å². The van der Waals surface area contributed by atoms with Gasteiger partial charge in [0.05, 0.1) is 4.34 Å². The second kappa shape index (κ2) is 7.77. The highest BCUT2D eigenvalue weighted by molar-refractivity contribution is 7.16. The predicted molar refractivity (Wildman–Crippen MR) is 80.8 cm³/mol. The molecule has 1 saturated heterocycles. The van der Waals surface area contributed by atoms with Gasteiger partial charge in [-0.2, -0.15) is 0 Å². The summed E-state index contributed by atoms with van der Waals surface area (Å²) in [5, 5.41) is 11.6. The lowest BCUT2D eigenvalue weighted by molar-refractivity contribution is -0.151. The van der Waals surface area contributed by atoms with Gasteiger partial charge in [0, 0.05) is 11.4 Å². The molecular formula is C14H18ClNO4S. The Labute approximate surface area is 132 Å². The summed E-state index contributed by atoms with van der Waals surface area (Å²) < 4.78 is 5.99. The van der Waals surface area contributed by atoms with E-state index in [0.29, 0.717) is 19.4 Å². The first kappa shape index (κ1) is 16.3. The average Bonchev–Trinajstić information content (AvgIpc) is 3.07. The Bertz CT molecular complexity index is 505. The van der Waals surface area contributed by atoms with Gasteiger partial charge in [-0.15, -0.1) is 11.3 Å². The van der Waals surface area contributed by atoms with Crippen molar-refractivity contribution in [3.8, 4) is 0 Å². The molecular weight excluding hydrogens is 314 g/mol. The van der Waals surface area contributed by atoms with Crippen molar-refractivity contribution >= 4 is 34.8 Å². The molecule has 1 aliphatic heterocycles. The van der Waals surface area contributed by atoms with Crippen molar-refractivity contribution in [1.29, 1.82) is 0 Å². The van der Waals surface area contributed by atoms with E-state index in [-0.39, 0.29) is 5.91 Å². The van der Waals surface area contributed by atoms with E-state index in [1.165, 1.54) is 4.88 Å². The third-order valence-corrected chi connectivity index (χ3v) is 4.66. The molecule has 2 heterocycles. The van der Waals surface area contributed by atoms with Crippen LogP contribution in [0.25, 0.3) is 0 Å². The topological polar surface area (TPSA) is 75.6 Å².